The number of rotatable bonds is 2. The van der Waals surface area contributed by atoms with Crippen molar-refractivity contribution >= 4 is 0 Å². The van der Waals surface area contributed by atoms with Crippen LogP contribution in [0, 0.1) is 12.8 Å². The number of nitrogens with one attached hydrogen (secondary N) is 1. The van der Waals surface area contributed by atoms with Gasteiger partial charge in [0.05, 0.1) is 6.10 Å². The van der Waals surface area contributed by atoms with Gasteiger partial charge in [0.25, 0.3) is 5.56 Å². The number of hydrogen-bond donors (Lipinski definition) is 1. The topological polar surface area (TPSA) is 64.1 Å². The minimum atomic E-state index is -0.394. The molecule has 0 aliphatic carbocycles. The van der Waals surface area contributed by atoms with Gasteiger partial charge in [-0.25, -0.2) is 4.79 Å². The monoisotopic (exact) mass is 238 g/mol. The second kappa shape index (κ2) is 4.49. The summed E-state index contributed by atoms with van der Waals surface area (Å²) >= 11 is 0. The van der Waals surface area contributed by atoms with E-state index in [2.05, 4.69) is 18.8 Å². The summed E-state index contributed by atoms with van der Waals surface area (Å²) in [5.74, 6) is 0.434. The fourth-order valence-electron chi connectivity index (χ4n) is 2.34. The first-order chi connectivity index (χ1) is 8.02. The van der Waals surface area contributed by atoms with E-state index in [-0.39, 0.29) is 17.9 Å². The largest absolute Gasteiger partial charge is 0.354 e. The standard InChI is InChI=1S/C12H18N2O3/c1-4-9-7(2)5-10(17-9)14-6-8(3)11(15)13-12(14)16/h6-7,9-10H,4-5H2,1-3H3,(H,13,15,16)/t7-,9+,10+/m0/s1. The van der Waals surface area contributed by atoms with E-state index in [0.717, 1.165) is 12.8 Å². The molecule has 1 saturated heterocycles. The van der Waals surface area contributed by atoms with E-state index in [4.69, 9.17) is 4.74 Å². The van der Waals surface area contributed by atoms with Gasteiger partial charge in [-0.1, -0.05) is 13.8 Å². The maximum atomic E-state index is 11.7. The van der Waals surface area contributed by atoms with Crippen molar-refractivity contribution in [2.45, 2.75) is 45.9 Å². The predicted octanol–water partition coefficient (Wildman–Crippen LogP) is 1.18. The first-order valence-corrected chi connectivity index (χ1v) is 6.00. The van der Waals surface area contributed by atoms with Crippen LogP contribution in [0.25, 0.3) is 0 Å². The van der Waals surface area contributed by atoms with E-state index in [1.165, 1.54) is 4.57 Å². The lowest BCUT2D eigenvalue weighted by molar-refractivity contribution is -0.00768. The molecular formula is C12H18N2O3. The van der Waals surface area contributed by atoms with Crippen LogP contribution in [0.2, 0.25) is 0 Å². The van der Waals surface area contributed by atoms with Crippen molar-refractivity contribution in [3.8, 4) is 0 Å². The van der Waals surface area contributed by atoms with Gasteiger partial charge in [0.15, 0.2) is 0 Å². The molecule has 1 aliphatic heterocycles. The van der Waals surface area contributed by atoms with Crippen molar-refractivity contribution in [1.82, 2.24) is 9.55 Å². The molecule has 94 valence electrons. The highest BCUT2D eigenvalue weighted by molar-refractivity contribution is 5.01. The number of aromatic nitrogens is 2. The van der Waals surface area contributed by atoms with Crippen LogP contribution in [0.5, 0.6) is 0 Å². The molecule has 1 aromatic rings. The van der Waals surface area contributed by atoms with Gasteiger partial charge in [0, 0.05) is 11.8 Å². The van der Waals surface area contributed by atoms with Gasteiger partial charge < -0.3 is 4.74 Å². The number of H-pyrrole nitrogens is 1. The fourth-order valence-corrected chi connectivity index (χ4v) is 2.34. The lowest BCUT2D eigenvalue weighted by atomic mass is 10.0. The van der Waals surface area contributed by atoms with Gasteiger partial charge in [-0.3, -0.25) is 14.3 Å². The summed E-state index contributed by atoms with van der Waals surface area (Å²) in [5.41, 5.74) is -0.195. The Morgan fingerprint density at radius 2 is 2.24 bits per heavy atom. The molecular weight excluding hydrogens is 220 g/mol. The maximum absolute atomic E-state index is 11.7. The van der Waals surface area contributed by atoms with E-state index in [1.807, 2.05) is 0 Å². The Morgan fingerprint density at radius 1 is 1.53 bits per heavy atom. The summed E-state index contributed by atoms with van der Waals surface area (Å²) in [6.45, 7) is 5.88. The zero-order valence-electron chi connectivity index (χ0n) is 10.4. The number of ether oxygens (including phenoxy) is 1. The van der Waals surface area contributed by atoms with Crippen molar-refractivity contribution in [3.63, 3.8) is 0 Å². The highest BCUT2D eigenvalue weighted by Gasteiger charge is 2.32. The van der Waals surface area contributed by atoms with Crippen molar-refractivity contribution in [2.75, 3.05) is 0 Å². The molecule has 0 radical (unpaired) electrons. The molecule has 0 spiro atoms. The van der Waals surface area contributed by atoms with Crippen LogP contribution in [0.15, 0.2) is 15.8 Å². The third-order valence-electron chi connectivity index (χ3n) is 3.40. The van der Waals surface area contributed by atoms with Crippen LogP contribution in [0.4, 0.5) is 0 Å². The maximum Gasteiger partial charge on any atom is 0.330 e. The molecule has 2 rings (SSSR count). The minimum absolute atomic E-state index is 0.194. The fraction of sp³-hybridized carbons (Fsp3) is 0.667. The van der Waals surface area contributed by atoms with Crippen LogP contribution < -0.4 is 11.2 Å². The zero-order chi connectivity index (χ0) is 12.6. The van der Waals surface area contributed by atoms with E-state index >= 15 is 0 Å². The Kier molecular flexibility index (Phi) is 3.19. The Morgan fingerprint density at radius 3 is 2.82 bits per heavy atom. The summed E-state index contributed by atoms with van der Waals surface area (Å²) < 4.78 is 7.31. The van der Waals surface area contributed by atoms with Crippen molar-refractivity contribution in [1.29, 1.82) is 0 Å². The lowest BCUT2D eigenvalue weighted by Gasteiger charge is -2.15. The SMILES string of the molecule is CC[C@H]1O[C@@H](n2cc(C)c(=O)[nH]c2=O)C[C@@H]1C. The van der Waals surface area contributed by atoms with E-state index in [0.29, 0.717) is 11.5 Å². The van der Waals surface area contributed by atoms with Crippen LogP contribution in [-0.2, 0) is 4.74 Å². The molecule has 1 aromatic heterocycles. The van der Waals surface area contributed by atoms with Crippen molar-refractivity contribution < 1.29 is 4.74 Å². The summed E-state index contributed by atoms with van der Waals surface area (Å²) in [6, 6.07) is 0. The molecule has 1 fully saturated rings. The third-order valence-corrected chi connectivity index (χ3v) is 3.40. The normalized spacial score (nSPS) is 28.5. The van der Waals surface area contributed by atoms with Gasteiger partial charge >= 0.3 is 5.69 Å². The number of aromatic amines is 1. The predicted molar refractivity (Wildman–Crippen MR) is 64.0 cm³/mol. The Bertz CT molecular complexity index is 517. The summed E-state index contributed by atoms with van der Waals surface area (Å²) in [7, 11) is 0. The highest BCUT2D eigenvalue weighted by Crippen LogP contribution is 2.33. The molecule has 17 heavy (non-hydrogen) atoms. The molecule has 0 amide bonds. The van der Waals surface area contributed by atoms with Gasteiger partial charge in [0.1, 0.15) is 6.23 Å². The number of hydrogen-bond acceptors (Lipinski definition) is 3. The molecule has 3 atom stereocenters. The molecule has 0 saturated carbocycles. The highest BCUT2D eigenvalue weighted by atomic mass is 16.5. The van der Waals surface area contributed by atoms with Gasteiger partial charge in [-0.15, -0.1) is 0 Å². The van der Waals surface area contributed by atoms with Gasteiger partial charge in [-0.05, 0) is 25.7 Å². The van der Waals surface area contributed by atoms with E-state index in [9.17, 15) is 9.59 Å². The molecule has 1 aliphatic rings. The van der Waals surface area contributed by atoms with Crippen LogP contribution in [0.3, 0.4) is 0 Å². The van der Waals surface area contributed by atoms with Crippen LogP contribution in [-0.4, -0.2) is 15.7 Å². The lowest BCUT2D eigenvalue weighted by Crippen LogP contribution is -2.33. The Labute approximate surface area is 99.4 Å². The molecule has 0 unspecified atom stereocenters. The Balaban J connectivity index is 2.34. The first kappa shape index (κ1) is 12.1. The van der Waals surface area contributed by atoms with E-state index < -0.39 is 5.69 Å². The Hall–Kier alpha value is -1.36. The summed E-state index contributed by atoms with van der Waals surface area (Å²) in [4.78, 5) is 25.3. The smallest absolute Gasteiger partial charge is 0.330 e. The van der Waals surface area contributed by atoms with E-state index in [1.54, 1.807) is 13.1 Å². The average molecular weight is 238 g/mol. The number of aryl methyl sites for hydroxylation is 1. The first-order valence-electron chi connectivity index (χ1n) is 6.00. The molecule has 1 N–H and O–H groups in total. The van der Waals surface area contributed by atoms with Crippen LogP contribution in [0.1, 0.15) is 38.5 Å². The minimum Gasteiger partial charge on any atom is -0.354 e. The quantitative estimate of drug-likeness (QED) is 0.841. The molecule has 0 bridgehead atoms. The second-order valence-electron chi connectivity index (χ2n) is 4.73. The van der Waals surface area contributed by atoms with Crippen LogP contribution >= 0.6 is 0 Å². The average Bonchev–Trinajstić information content (AvgIpc) is 2.65. The summed E-state index contributed by atoms with van der Waals surface area (Å²) in [6.07, 6.45) is 3.27. The van der Waals surface area contributed by atoms with Crippen molar-refractivity contribution in [2.24, 2.45) is 5.92 Å². The van der Waals surface area contributed by atoms with Gasteiger partial charge in [-0.2, -0.15) is 0 Å². The zero-order valence-corrected chi connectivity index (χ0v) is 10.4. The molecule has 5 heteroatoms. The molecule has 2 heterocycles. The third kappa shape index (κ3) is 2.20. The summed E-state index contributed by atoms with van der Waals surface area (Å²) in [5, 5.41) is 0. The van der Waals surface area contributed by atoms with Crippen molar-refractivity contribution in [3.05, 3.63) is 32.6 Å². The van der Waals surface area contributed by atoms with Gasteiger partial charge in [0.2, 0.25) is 0 Å². The second-order valence-corrected chi connectivity index (χ2v) is 4.73. The number of nitrogens with zero attached hydrogens (tertiary/aromatic N) is 1. The molecule has 5 nitrogen and oxygen atoms in total. The molecule has 0 aromatic carbocycles.